The zero-order valence-corrected chi connectivity index (χ0v) is 12.3. The molecular weight excluding hydrogens is 272 g/mol. The number of pyridine rings is 1. The Balaban J connectivity index is 1.79. The van der Waals surface area contributed by atoms with Gasteiger partial charge in [0.2, 0.25) is 0 Å². The summed E-state index contributed by atoms with van der Waals surface area (Å²) >= 11 is 1.54. The van der Waals surface area contributed by atoms with Gasteiger partial charge in [0.1, 0.15) is 10.9 Å². The highest BCUT2D eigenvalue weighted by Crippen LogP contribution is 2.27. The zero-order chi connectivity index (χ0) is 13.9. The van der Waals surface area contributed by atoms with Crippen LogP contribution in [0.4, 0.5) is 0 Å². The second-order valence-electron chi connectivity index (χ2n) is 5.07. The third-order valence-corrected chi connectivity index (χ3v) is 4.45. The van der Waals surface area contributed by atoms with Crippen LogP contribution in [0.5, 0.6) is 0 Å². The van der Waals surface area contributed by atoms with Gasteiger partial charge in [-0.15, -0.1) is 10.2 Å². The van der Waals surface area contributed by atoms with Crippen molar-refractivity contribution >= 4 is 11.8 Å². The normalized spacial score (nSPS) is 16.5. The molecular formula is C14H18N4OS. The van der Waals surface area contributed by atoms with Gasteiger partial charge in [-0.25, -0.2) is 4.98 Å². The zero-order valence-electron chi connectivity index (χ0n) is 11.5. The van der Waals surface area contributed by atoms with Gasteiger partial charge in [-0.05, 0) is 43.2 Å². The molecule has 0 aliphatic carbocycles. The Bertz CT molecular complexity index is 579. The van der Waals surface area contributed by atoms with Crippen molar-refractivity contribution in [2.75, 3.05) is 0 Å². The van der Waals surface area contributed by atoms with Crippen LogP contribution < -0.4 is 0 Å². The molecule has 0 fully saturated rings. The maximum absolute atomic E-state index is 9.49. The quantitative estimate of drug-likeness (QED) is 0.941. The molecule has 0 unspecified atom stereocenters. The Kier molecular flexibility index (Phi) is 4.03. The molecule has 1 aliphatic rings. The minimum atomic E-state index is -0.481. The Morgan fingerprint density at radius 1 is 1.25 bits per heavy atom. The highest BCUT2D eigenvalue weighted by Gasteiger charge is 2.16. The van der Waals surface area contributed by atoms with Gasteiger partial charge in [0.25, 0.3) is 0 Å². The first kappa shape index (κ1) is 13.6. The summed E-state index contributed by atoms with van der Waals surface area (Å²) in [5.41, 5.74) is 0.828. The van der Waals surface area contributed by atoms with Crippen LogP contribution in [0.25, 0.3) is 0 Å². The molecule has 5 nitrogen and oxygen atoms in total. The van der Waals surface area contributed by atoms with Crippen molar-refractivity contribution in [3.63, 3.8) is 0 Å². The minimum Gasteiger partial charge on any atom is -0.389 e. The Hall–Kier alpha value is -1.40. The number of fused-ring (bicyclic) bond motifs is 1. The predicted molar refractivity (Wildman–Crippen MR) is 76.6 cm³/mol. The molecule has 20 heavy (non-hydrogen) atoms. The van der Waals surface area contributed by atoms with Gasteiger partial charge in [0, 0.05) is 19.2 Å². The van der Waals surface area contributed by atoms with Crippen molar-refractivity contribution in [1.82, 2.24) is 19.7 Å². The Labute approximate surface area is 122 Å². The smallest absolute Gasteiger partial charge is 0.197 e. The molecule has 3 heterocycles. The van der Waals surface area contributed by atoms with E-state index < -0.39 is 6.10 Å². The maximum Gasteiger partial charge on any atom is 0.197 e. The van der Waals surface area contributed by atoms with E-state index in [9.17, 15) is 5.11 Å². The fourth-order valence-corrected chi connectivity index (χ4v) is 3.14. The van der Waals surface area contributed by atoms with E-state index in [0.717, 1.165) is 34.5 Å². The number of nitrogens with zero attached hydrogens (tertiary/aromatic N) is 4. The topological polar surface area (TPSA) is 63.8 Å². The van der Waals surface area contributed by atoms with E-state index in [1.165, 1.54) is 31.0 Å². The molecule has 0 saturated heterocycles. The van der Waals surface area contributed by atoms with Gasteiger partial charge in [-0.1, -0.05) is 12.5 Å². The molecule has 106 valence electrons. The molecule has 2 aromatic rings. The largest absolute Gasteiger partial charge is 0.389 e. The lowest BCUT2D eigenvalue weighted by atomic mass is 10.2. The number of hydrogen-bond acceptors (Lipinski definition) is 5. The number of aromatic nitrogens is 4. The minimum absolute atomic E-state index is 0.481. The van der Waals surface area contributed by atoms with E-state index in [1.807, 2.05) is 12.1 Å². The number of hydrogen-bond donors (Lipinski definition) is 1. The van der Waals surface area contributed by atoms with Crippen molar-refractivity contribution in [2.24, 2.45) is 0 Å². The summed E-state index contributed by atoms with van der Waals surface area (Å²) in [6.07, 6.45) is 5.89. The Morgan fingerprint density at radius 3 is 2.90 bits per heavy atom. The fourth-order valence-electron chi connectivity index (χ4n) is 2.33. The summed E-state index contributed by atoms with van der Waals surface area (Å²) in [5, 5.41) is 19.8. The van der Waals surface area contributed by atoms with E-state index in [0.29, 0.717) is 0 Å². The molecule has 6 heteroatoms. The molecule has 0 saturated carbocycles. The van der Waals surface area contributed by atoms with Crippen LogP contribution in [0.1, 0.15) is 43.7 Å². The van der Waals surface area contributed by atoms with Crippen LogP contribution in [-0.2, 0) is 13.0 Å². The van der Waals surface area contributed by atoms with Crippen LogP contribution in [0, 0.1) is 0 Å². The van der Waals surface area contributed by atoms with Gasteiger partial charge in [-0.2, -0.15) is 0 Å². The monoisotopic (exact) mass is 290 g/mol. The number of rotatable bonds is 3. The SMILES string of the molecule is C[C@@H](O)c1ccc(Sc2nnc3n2CCCCC3)nc1. The standard InChI is InChI=1S/C14H18N4OS/c1-10(19)11-6-7-13(15-9-11)20-14-17-16-12-5-3-2-4-8-18(12)14/h6-7,9-10,19H,2-5,8H2,1H3/t10-/m1/s1. The fraction of sp³-hybridized carbons (Fsp3) is 0.500. The third-order valence-electron chi connectivity index (χ3n) is 3.51. The van der Waals surface area contributed by atoms with E-state index in [2.05, 4.69) is 19.7 Å². The van der Waals surface area contributed by atoms with Crippen molar-refractivity contribution in [3.05, 3.63) is 29.7 Å². The maximum atomic E-state index is 9.49. The molecule has 0 aromatic carbocycles. The van der Waals surface area contributed by atoms with Gasteiger partial charge in [0.05, 0.1) is 6.10 Å². The van der Waals surface area contributed by atoms with Crippen molar-refractivity contribution in [3.8, 4) is 0 Å². The van der Waals surface area contributed by atoms with Gasteiger partial charge < -0.3 is 9.67 Å². The molecule has 1 aliphatic heterocycles. The summed E-state index contributed by atoms with van der Waals surface area (Å²) in [5.74, 6) is 1.09. The Morgan fingerprint density at radius 2 is 2.15 bits per heavy atom. The van der Waals surface area contributed by atoms with Crippen LogP contribution in [0.3, 0.4) is 0 Å². The highest BCUT2D eigenvalue weighted by molar-refractivity contribution is 7.99. The highest BCUT2D eigenvalue weighted by atomic mass is 32.2. The van der Waals surface area contributed by atoms with E-state index in [-0.39, 0.29) is 0 Å². The molecule has 0 radical (unpaired) electrons. The number of aliphatic hydroxyl groups excluding tert-OH is 1. The molecule has 0 amide bonds. The van der Waals surface area contributed by atoms with E-state index in [1.54, 1.807) is 13.1 Å². The van der Waals surface area contributed by atoms with Crippen LogP contribution in [0.2, 0.25) is 0 Å². The lowest BCUT2D eigenvalue weighted by molar-refractivity contribution is 0.198. The first-order chi connectivity index (χ1) is 9.74. The summed E-state index contributed by atoms with van der Waals surface area (Å²) in [6.45, 7) is 2.73. The molecule has 2 aromatic heterocycles. The number of aryl methyl sites for hydroxylation is 1. The van der Waals surface area contributed by atoms with Gasteiger partial charge >= 0.3 is 0 Å². The van der Waals surface area contributed by atoms with Crippen molar-refractivity contribution in [2.45, 2.75) is 55.4 Å². The molecule has 1 atom stereocenters. The molecule has 0 bridgehead atoms. The van der Waals surface area contributed by atoms with Gasteiger partial charge in [-0.3, -0.25) is 0 Å². The summed E-state index contributed by atoms with van der Waals surface area (Å²) in [7, 11) is 0. The average molecular weight is 290 g/mol. The van der Waals surface area contributed by atoms with Crippen LogP contribution in [0.15, 0.2) is 28.5 Å². The average Bonchev–Trinajstić information content (AvgIpc) is 2.69. The lowest BCUT2D eigenvalue weighted by Gasteiger charge is -2.07. The summed E-state index contributed by atoms with van der Waals surface area (Å²) in [4.78, 5) is 4.37. The van der Waals surface area contributed by atoms with Gasteiger partial charge in [0.15, 0.2) is 5.16 Å². The van der Waals surface area contributed by atoms with Crippen molar-refractivity contribution < 1.29 is 5.11 Å². The number of aliphatic hydroxyl groups is 1. The lowest BCUT2D eigenvalue weighted by Crippen LogP contribution is -2.02. The second-order valence-corrected chi connectivity index (χ2v) is 6.06. The molecule has 3 rings (SSSR count). The predicted octanol–water partition coefficient (Wildman–Crippen LogP) is 2.60. The van der Waals surface area contributed by atoms with E-state index in [4.69, 9.17) is 0 Å². The summed E-state index contributed by atoms with van der Waals surface area (Å²) in [6, 6.07) is 3.82. The molecule has 0 spiro atoms. The van der Waals surface area contributed by atoms with Crippen LogP contribution >= 0.6 is 11.8 Å². The van der Waals surface area contributed by atoms with E-state index >= 15 is 0 Å². The van der Waals surface area contributed by atoms with Crippen LogP contribution in [-0.4, -0.2) is 24.9 Å². The summed E-state index contributed by atoms with van der Waals surface area (Å²) < 4.78 is 2.21. The first-order valence-electron chi connectivity index (χ1n) is 6.98. The first-order valence-corrected chi connectivity index (χ1v) is 7.79. The van der Waals surface area contributed by atoms with Crippen molar-refractivity contribution in [1.29, 1.82) is 0 Å². The second kappa shape index (κ2) is 5.93. The third kappa shape index (κ3) is 2.86. The molecule has 1 N–H and O–H groups in total.